The summed E-state index contributed by atoms with van der Waals surface area (Å²) >= 11 is 5.06. The maximum absolute atomic E-state index is 4.75. The summed E-state index contributed by atoms with van der Waals surface area (Å²) in [6.07, 6.45) is 12.8. The number of rotatable bonds is 14. The molecule has 4 aromatic rings. The summed E-state index contributed by atoms with van der Waals surface area (Å²) < 4.78 is 9.50. The Bertz CT molecular complexity index is 1100. The van der Waals surface area contributed by atoms with Gasteiger partial charge in [-0.3, -0.25) is 0 Å². The Labute approximate surface area is 224 Å². The number of unbranched alkanes of at least 4 members (excludes halogenated alkanes) is 2. The maximum Gasteiger partial charge on any atom is 0.114 e. The first-order valence-corrected chi connectivity index (χ1v) is 16.1. The number of nitrogens with zero attached hydrogens (tertiary/aromatic N) is 2. The van der Waals surface area contributed by atoms with Crippen LogP contribution in [0.2, 0.25) is 0 Å². The zero-order valence-corrected chi connectivity index (χ0v) is 24.3. The second-order valence-corrected chi connectivity index (χ2v) is 12.4. The first-order chi connectivity index (χ1) is 17.2. The van der Waals surface area contributed by atoms with E-state index in [1.165, 1.54) is 108 Å². The molecular formula is C30H40N2S3. The highest BCUT2D eigenvalue weighted by atomic mass is 32.1. The lowest BCUT2D eigenvalue weighted by Gasteiger charge is -2.13. The molecule has 3 aromatic heterocycles. The predicted molar refractivity (Wildman–Crippen MR) is 158 cm³/mol. The topological polar surface area (TPSA) is 25.8 Å². The van der Waals surface area contributed by atoms with E-state index in [2.05, 4.69) is 62.7 Å². The fraction of sp³-hybridized carbons (Fsp3) is 0.533. The molecule has 188 valence electrons. The standard InChI is InChI=1S/C30H40N2S3/c1-5-9-11-21(7-3)15-23-17-27(33-19-23)25-13-14-26(30-29(25)31-35-32-30)28-18-24(20-34-28)16-22(8-4)12-10-6-2/h13-14,17-22H,5-12,15-16H2,1-4H3. The molecule has 0 aliphatic rings. The quantitative estimate of drug-likeness (QED) is 0.164. The highest BCUT2D eigenvalue weighted by Crippen LogP contribution is 2.39. The lowest BCUT2D eigenvalue weighted by Crippen LogP contribution is -2.02. The van der Waals surface area contributed by atoms with Gasteiger partial charge in [0.15, 0.2) is 0 Å². The smallest absolute Gasteiger partial charge is 0.114 e. The normalized spacial score (nSPS) is 13.5. The van der Waals surface area contributed by atoms with E-state index in [1.807, 2.05) is 22.7 Å². The van der Waals surface area contributed by atoms with Crippen LogP contribution in [-0.4, -0.2) is 8.75 Å². The third kappa shape index (κ3) is 6.61. The molecular weight excluding hydrogens is 485 g/mol. The van der Waals surface area contributed by atoms with Crippen molar-refractivity contribution in [1.29, 1.82) is 0 Å². The molecule has 2 atom stereocenters. The molecule has 5 heteroatoms. The summed E-state index contributed by atoms with van der Waals surface area (Å²) in [5, 5.41) is 4.72. The van der Waals surface area contributed by atoms with Crippen LogP contribution >= 0.6 is 34.4 Å². The molecule has 0 fully saturated rings. The molecule has 0 spiro atoms. The zero-order chi connectivity index (χ0) is 24.6. The summed E-state index contributed by atoms with van der Waals surface area (Å²) in [5.74, 6) is 1.59. The number of hydrogen-bond acceptors (Lipinski definition) is 5. The Morgan fingerprint density at radius 1 is 0.686 bits per heavy atom. The highest BCUT2D eigenvalue weighted by molar-refractivity contribution is 7.14. The Morgan fingerprint density at radius 3 is 1.54 bits per heavy atom. The molecule has 2 nitrogen and oxygen atoms in total. The Balaban J connectivity index is 1.54. The van der Waals surface area contributed by atoms with Gasteiger partial charge in [0.05, 0.1) is 11.7 Å². The lowest BCUT2D eigenvalue weighted by atomic mass is 9.92. The minimum absolute atomic E-state index is 0.794. The number of hydrogen-bond donors (Lipinski definition) is 0. The van der Waals surface area contributed by atoms with Gasteiger partial charge in [0.25, 0.3) is 0 Å². The molecule has 0 bridgehead atoms. The third-order valence-electron chi connectivity index (χ3n) is 7.39. The Hall–Kier alpha value is -1.56. The van der Waals surface area contributed by atoms with E-state index >= 15 is 0 Å². The van der Waals surface area contributed by atoms with Crippen LogP contribution in [0.4, 0.5) is 0 Å². The SMILES string of the molecule is CCCCC(CC)Cc1csc(-c2ccc(-c3cc(CC(CC)CCCC)cs3)c3nsnc23)c1. The van der Waals surface area contributed by atoms with E-state index in [1.54, 1.807) is 0 Å². The second-order valence-electron chi connectivity index (χ2n) is 10.0. The van der Waals surface area contributed by atoms with Gasteiger partial charge in [-0.05, 0) is 58.7 Å². The van der Waals surface area contributed by atoms with Crippen LogP contribution in [0.15, 0.2) is 35.0 Å². The molecule has 0 saturated heterocycles. The molecule has 0 aliphatic carbocycles. The van der Waals surface area contributed by atoms with Gasteiger partial charge in [-0.15, -0.1) is 22.7 Å². The van der Waals surface area contributed by atoms with E-state index in [4.69, 9.17) is 8.75 Å². The molecule has 0 amide bonds. The summed E-state index contributed by atoms with van der Waals surface area (Å²) in [4.78, 5) is 2.64. The van der Waals surface area contributed by atoms with Gasteiger partial charge in [-0.2, -0.15) is 8.75 Å². The first-order valence-electron chi connectivity index (χ1n) is 13.6. The lowest BCUT2D eigenvalue weighted by molar-refractivity contribution is 0.449. The predicted octanol–water partition coefficient (Wildman–Crippen LogP) is 10.7. The van der Waals surface area contributed by atoms with Gasteiger partial charge in [0.2, 0.25) is 0 Å². The van der Waals surface area contributed by atoms with Crippen LogP contribution in [0.3, 0.4) is 0 Å². The van der Waals surface area contributed by atoms with Gasteiger partial charge in [-0.25, -0.2) is 0 Å². The van der Waals surface area contributed by atoms with Crippen molar-refractivity contribution in [1.82, 2.24) is 8.75 Å². The minimum Gasteiger partial charge on any atom is -0.172 e. The van der Waals surface area contributed by atoms with Crippen molar-refractivity contribution in [2.45, 2.75) is 91.9 Å². The Kier molecular flexibility index (Phi) is 9.93. The molecule has 0 N–H and O–H groups in total. The van der Waals surface area contributed by atoms with Crippen LogP contribution in [-0.2, 0) is 12.8 Å². The molecule has 0 saturated carbocycles. The van der Waals surface area contributed by atoms with Crippen LogP contribution in [0, 0.1) is 11.8 Å². The average Bonchev–Trinajstić information content (AvgIpc) is 3.65. The van der Waals surface area contributed by atoms with Crippen molar-refractivity contribution in [3.05, 3.63) is 46.2 Å². The van der Waals surface area contributed by atoms with Gasteiger partial charge < -0.3 is 0 Å². The van der Waals surface area contributed by atoms with E-state index in [0.29, 0.717) is 0 Å². The van der Waals surface area contributed by atoms with E-state index in [-0.39, 0.29) is 0 Å². The van der Waals surface area contributed by atoms with Crippen molar-refractivity contribution in [3.63, 3.8) is 0 Å². The van der Waals surface area contributed by atoms with Gasteiger partial charge in [0, 0.05) is 20.9 Å². The molecule has 3 heterocycles. The molecule has 1 aromatic carbocycles. The van der Waals surface area contributed by atoms with E-state index < -0.39 is 0 Å². The first kappa shape index (κ1) is 26.5. The van der Waals surface area contributed by atoms with Gasteiger partial charge >= 0.3 is 0 Å². The molecule has 2 unspecified atom stereocenters. The number of benzene rings is 1. The zero-order valence-electron chi connectivity index (χ0n) is 21.8. The minimum atomic E-state index is 0.794. The molecule has 0 radical (unpaired) electrons. The van der Waals surface area contributed by atoms with Gasteiger partial charge in [0.1, 0.15) is 11.0 Å². The summed E-state index contributed by atoms with van der Waals surface area (Å²) in [6, 6.07) is 9.35. The Morgan fingerprint density at radius 2 is 1.14 bits per heavy atom. The van der Waals surface area contributed by atoms with Crippen LogP contribution in [0.1, 0.15) is 90.2 Å². The number of thiophene rings is 2. The third-order valence-corrected chi connectivity index (χ3v) is 9.94. The fourth-order valence-corrected chi connectivity index (χ4v) is 7.55. The van der Waals surface area contributed by atoms with Crippen LogP contribution < -0.4 is 0 Å². The largest absolute Gasteiger partial charge is 0.172 e. The van der Waals surface area contributed by atoms with Crippen molar-refractivity contribution in [2.24, 2.45) is 11.8 Å². The number of fused-ring (bicyclic) bond motifs is 1. The number of aromatic nitrogens is 2. The summed E-state index contributed by atoms with van der Waals surface area (Å²) in [6.45, 7) is 9.25. The second kappa shape index (κ2) is 13.1. The average molecular weight is 525 g/mol. The summed E-state index contributed by atoms with van der Waals surface area (Å²) in [5.41, 5.74) is 7.54. The van der Waals surface area contributed by atoms with Crippen LogP contribution in [0.5, 0.6) is 0 Å². The highest BCUT2D eigenvalue weighted by Gasteiger charge is 2.17. The van der Waals surface area contributed by atoms with Crippen molar-refractivity contribution in [3.8, 4) is 20.9 Å². The molecule has 35 heavy (non-hydrogen) atoms. The monoisotopic (exact) mass is 524 g/mol. The summed E-state index contributed by atoms with van der Waals surface area (Å²) in [7, 11) is 0. The van der Waals surface area contributed by atoms with Crippen molar-refractivity contribution in [2.75, 3.05) is 0 Å². The fourth-order valence-electron chi connectivity index (χ4n) is 5.07. The van der Waals surface area contributed by atoms with Gasteiger partial charge in [-0.1, -0.05) is 91.2 Å². The van der Waals surface area contributed by atoms with E-state index in [0.717, 1.165) is 22.9 Å². The molecule has 0 aliphatic heterocycles. The van der Waals surface area contributed by atoms with Crippen molar-refractivity contribution < 1.29 is 0 Å². The van der Waals surface area contributed by atoms with E-state index in [9.17, 15) is 0 Å². The van der Waals surface area contributed by atoms with Crippen LogP contribution in [0.25, 0.3) is 31.9 Å². The van der Waals surface area contributed by atoms with Crippen molar-refractivity contribution >= 4 is 45.4 Å². The molecule has 4 rings (SSSR count). The maximum atomic E-state index is 4.75.